The first-order valence-corrected chi connectivity index (χ1v) is 12.6. The number of aliphatic hydroxyl groups is 4. The van der Waals surface area contributed by atoms with E-state index in [9.17, 15) is 25.2 Å². The van der Waals surface area contributed by atoms with E-state index in [-0.39, 0.29) is 22.7 Å². The second-order valence-corrected chi connectivity index (χ2v) is 11.0. The second-order valence-electron chi connectivity index (χ2n) is 11.0. The van der Waals surface area contributed by atoms with Crippen LogP contribution < -0.4 is 0 Å². The van der Waals surface area contributed by atoms with Gasteiger partial charge >= 0.3 is 5.97 Å². The highest BCUT2D eigenvalue weighted by molar-refractivity contribution is 5.92. The number of aliphatic hydroxyl groups excluding tert-OH is 4. The molecular formula is C26H36O9. The molecule has 10 atom stereocenters. The maximum absolute atomic E-state index is 12.5. The number of rotatable bonds is 6. The van der Waals surface area contributed by atoms with E-state index < -0.39 is 43.4 Å². The van der Waals surface area contributed by atoms with Gasteiger partial charge in [0, 0.05) is 16.6 Å². The summed E-state index contributed by atoms with van der Waals surface area (Å²) in [6.07, 6.45) is 2.08. The second kappa shape index (κ2) is 9.28. The molecule has 2 aliphatic heterocycles. The van der Waals surface area contributed by atoms with Crippen molar-refractivity contribution in [1.82, 2.24) is 0 Å². The molecule has 3 heterocycles. The lowest BCUT2D eigenvalue weighted by molar-refractivity contribution is -0.315. The molecule has 9 nitrogen and oxygen atoms in total. The summed E-state index contributed by atoms with van der Waals surface area (Å²) in [7, 11) is 0. The Morgan fingerprint density at radius 3 is 2.71 bits per heavy atom. The summed E-state index contributed by atoms with van der Waals surface area (Å²) < 4.78 is 22.9. The predicted octanol–water partition coefficient (Wildman–Crippen LogP) is 1.84. The zero-order valence-corrected chi connectivity index (χ0v) is 20.2. The van der Waals surface area contributed by atoms with Gasteiger partial charge < -0.3 is 39.1 Å². The molecule has 2 aliphatic carbocycles. The Morgan fingerprint density at radius 1 is 1.20 bits per heavy atom. The Morgan fingerprint density at radius 2 is 2.00 bits per heavy atom. The maximum Gasteiger partial charge on any atom is 0.334 e. The van der Waals surface area contributed by atoms with E-state index in [1.54, 1.807) is 18.6 Å². The third kappa shape index (κ3) is 3.97. The van der Waals surface area contributed by atoms with Gasteiger partial charge in [0.1, 0.15) is 31.0 Å². The van der Waals surface area contributed by atoms with E-state index in [4.69, 9.17) is 18.6 Å². The van der Waals surface area contributed by atoms with Gasteiger partial charge in [0.2, 0.25) is 0 Å². The third-order valence-corrected chi connectivity index (χ3v) is 9.32. The van der Waals surface area contributed by atoms with Gasteiger partial charge in [-0.3, -0.25) is 0 Å². The molecule has 4 N–H and O–H groups in total. The van der Waals surface area contributed by atoms with Gasteiger partial charge in [0.25, 0.3) is 0 Å². The molecule has 9 heteroatoms. The average Bonchev–Trinajstić information content (AvgIpc) is 3.50. The SMILES string of the molecule is C[C@@H]1CC[C@@]23COC(=O)C2=CCC[C@@H]3[C@]1(C)C[C@H](O[C@@H]1O[C@H](CO)[C@@H](O)[C@@H](O)[C@H]1O)c1ccoc1. The average molecular weight is 493 g/mol. The summed E-state index contributed by atoms with van der Waals surface area (Å²) >= 11 is 0. The number of hydrogen-bond acceptors (Lipinski definition) is 9. The van der Waals surface area contributed by atoms with Crippen LogP contribution in [0.25, 0.3) is 0 Å². The van der Waals surface area contributed by atoms with E-state index in [1.165, 1.54) is 0 Å². The van der Waals surface area contributed by atoms with Gasteiger partial charge in [-0.05, 0) is 55.4 Å². The first-order valence-electron chi connectivity index (χ1n) is 12.6. The van der Waals surface area contributed by atoms with Gasteiger partial charge in [-0.15, -0.1) is 0 Å². The Bertz CT molecular complexity index is 943. The van der Waals surface area contributed by atoms with E-state index in [0.29, 0.717) is 18.9 Å². The smallest absolute Gasteiger partial charge is 0.334 e. The quantitative estimate of drug-likeness (QED) is 0.438. The highest BCUT2D eigenvalue weighted by Gasteiger charge is 2.61. The summed E-state index contributed by atoms with van der Waals surface area (Å²) in [4.78, 5) is 12.5. The van der Waals surface area contributed by atoms with E-state index in [0.717, 1.165) is 36.8 Å². The Balaban J connectivity index is 1.45. The Hall–Kier alpha value is -1.75. The summed E-state index contributed by atoms with van der Waals surface area (Å²) in [6.45, 7) is 4.37. The first-order chi connectivity index (χ1) is 16.7. The molecule has 0 aromatic carbocycles. The van der Waals surface area contributed by atoms with Crippen LogP contribution >= 0.6 is 0 Å². The fourth-order valence-electron chi connectivity index (χ4n) is 7.08. The van der Waals surface area contributed by atoms with Crippen LogP contribution in [-0.2, 0) is 19.0 Å². The van der Waals surface area contributed by atoms with Crippen molar-refractivity contribution >= 4 is 5.97 Å². The number of furan rings is 1. The zero-order valence-electron chi connectivity index (χ0n) is 20.2. The van der Waals surface area contributed by atoms with Gasteiger partial charge in [0.15, 0.2) is 6.29 Å². The van der Waals surface area contributed by atoms with Crippen LogP contribution in [-0.4, -0.2) is 70.3 Å². The van der Waals surface area contributed by atoms with E-state index >= 15 is 0 Å². The lowest BCUT2D eigenvalue weighted by atomic mass is 9.46. The molecular weight excluding hydrogens is 456 g/mol. The molecule has 1 spiro atoms. The molecule has 4 aliphatic rings. The minimum Gasteiger partial charge on any atom is -0.472 e. The number of hydrogen-bond donors (Lipinski definition) is 4. The van der Waals surface area contributed by atoms with Crippen molar-refractivity contribution in [2.45, 2.75) is 82.8 Å². The number of esters is 1. The van der Waals surface area contributed by atoms with E-state index in [2.05, 4.69) is 19.9 Å². The maximum atomic E-state index is 12.5. The molecule has 1 aromatic rings. The zero-order chi connectivity index (χ0) is 25.0. The minimum atomic E-state index is -1.52. The standard InChI is InChI=1S/C26H36O9/c1-14-6-8-26-13-33-23(31)16(26)4-3-5-19(26)25(14,2)10-17(15-7-9-32-12-15)34-24-22(30)21(29)20(28)18(11-27)35-24/h4,7,9,12,14,17-22,24,27-30H,3,5-6,8,10-11,13H2,1-2H3/t14-,17+,18-,19-,20-,21-,22-,24-,25-,26-/m1/s1. The van der Waals surface area contributed by atoms with Gasteiger partial charge in [-0.1, -0.05) is 19.9 Å². The van der Waals surface area contributed by atoms with Gasteiger partial charge in [-0.25, -0.2) is 4.79 Å². The number of allylic oxidation sites excluding steroid dienone is 1. The van der Waals surface area contributed by atoms with Crippen LogP contribution in [0, 0.1) is 22.7 Å². The number of cyclic esters (lactones) is 1. The molecule has 1 aromatic heterocycles. The van der Waals surface area contributed by atoms with Gasteiger partial charge in [-0.2, -0.15) is 0 Å². The van der Waals surface area contributed by atoms with Crippen LogP contribution in [0.3, 0.4) is 0 Å². The summed E-state index contributed by atoms with van der Waals surface area (Å²) in [5, 5.41) is 40.6. The highest BCUT2D eigenvalue weighted by Crippen LogP contribution is 2.64. The fraction of sp³-hybridized carbons (Fsp3) is 0.731. The topological polar surface area (TPSA) is 139 Å². The van der Waals surface area contributed by atoms with Crippen molar-refractivity contribution in [2.24, 2.45) is 22.7 Å². The molecule has 0 unspecified atom stereocenters. The molecule has 194 valence electrons. The molecule has 3 fully saturated rings. The Labute approximate surface area is 204 Å². The normalized spacial score (nSPS) is 44.2. The number of ether oxygens (including phenoxy) is 3. The number of carbonyl (C=O) groups is 1. The summed E-state index contributed by atoms with van der Waals surface area (Å²) in [5.74, 6) is 0.342. The van der Waals surface area contributed by atoms with Gasteiger partial charge in [0.05, 0.1) is 25.2 Å². The highest BCUT2D eigenvalue weighted by atomic mass is 16.7. The Kier molecular flexibility index (Phi) is 6.61. The number of carbonyl (C=O) groups excluding carboxylic acids is 1. The molecule has 35 heavy (non-hydrogen) atoms. The van der Waals surface area contributed by atoms with Crippen molar-refractivity contribution in [3.8, 4) is 0 Å². The summed E-state index contributed by atoms with van der Waals surface area (Å²) in [6, 6.07) is 1.80. The minimum absolute atomic E-state index is 0.199. The monoisotopic (exact) mass is 492 g/mol. The third-order valence-electron chi connectivity index (χ3n) is 9.32. The molecule has 5 rings (SSSR count). The molecule has 1 saturated carbocycles. The summed E-state index contributed by atoms with van der Waals surface area (Å²) in [5.41, 5.74) is 1.06. The van der Waals surface area contributed by atoms with Crippen LogP contribution in [0.1, 0.15) is 57.6 Å². The first kappa shape index (κ1) is 24.9. The predicted molar refractivity (Wildman–Crippen MR) is 122 cm³/mol. The molecule has 0 bridgehead atoms. The van der Waals surface area contributed by atoms with Crippen molar-refractivity contribution < 1.29 is 43.8 Å². The van der Waals surface area contributed by atoms with Crippen molar-refractivity contribution in [3.63, 3.8) is 0 Å². The molecule has 0 amide bonds. The van der Waals surface area contributed by atoms with Crippen LogP contribution in [0.15, 0.2) is 34.7 Å². The van der Waals surface area contributed by atoms with Crippen molar-refractivity contribution in [2.75, 3.05) is 13.2 Å². The van der Waals surface area contributed by atoms with Crippen molar-refractivity contribution in [3.05, 3.63) is 35.8 Å². The van der Waals surface area contributed by atoms with Crippen LogP contribution in [0.5, 0.6) is 0 Å². The lowest BCUT2D eigenvalue weighted by Crippen LogP contribution is -2.59. The molecule has 0 radical (unpaired) electrons. The van der Waals surface area contributed by atoms with Crippen LogP contribution in [0.2, 0.25) is 0 Å². The van der Waals surface area contributed by atoms with E-state index in [1.807, 2.05) is 0 Å². The fourth-order valence-corrected chi connectivity index (χ4v) is 7.08. The largest absolute Gasteiger partial charge is 0.472 e. The van der Waals surface area contributed by atoms with Crippen LogP contribution in [0.4, 0.5) is 0 Å². The van der Waals surface area contributed by atoms with Crippen molar-refractivity contribution in [1.29, 1.82) is 0 Å². The molecule has 2 saturated heterocycles. The lowest BCUT2D eigenvalue weighted by Gasteiger charge is -2.57.